The van der Waals surface area contributed by atoms with E-state index in [1.54, 1.807) is 0 Å². The van der Waals surface area contributed by atoms with Crippen LogP contribution in [0.4, 0.5) is 0 Å². The van der Waals surface area contributed by atoms with Crippen molar-refractivity contribution in [2.45, 2.75) is 5.41 Å². The van der Waals surface area contributed by atoms with E-state index in [4.69, 9.17) is 15.0 Å². The van der Waals surface area contributed by atoms with Crippen molar-refractivity contribution in [2.24, 2.45) is 0 Å². The summed E-state index contributed by atoms with van der Waals surface area (Å²) in [6.07, 6.45) is 0. The maximum atomic E-state index is 5.25. The number of hydrogen-bond acceptors (Lipinski definition) is 4. The predicted octanol–water partition coefficient (Wildman–Crippen LogP) is 13.4. The summed E-state index contributed by atoms with van der Waals surface area (Å²) in [5.41, 5.74) is 9.42. The molecule has 3 aromatic heterocycles. The number of thiophene rings is 1. The SMILES string of the molecule is c1ccc(-c2nc3nc(n2)c2cccc4sc5ccc(cc5c42)c2ccc(C4(c5ccccc5)c5ccccc5-c5ccccc54)cc2c2cccc3c2)cc1. The highest BCUT2D eigenvalue weighted by atomic mass is 32.1. The summed E-state index contributed by atoms with van der Waals surface area (Å²) >= 11 is 1.82. The Labute approximate surface area is 326 Å². The number of fused-ring (bicyclic) bond motifs is 13. The normalized spacial score (nSPS) is 13.1. The quantitative estimate of drug-likeness (QED) is 0.182. The molecule has 1 aliphatic rings. The second-order valence-corrected chi connectivity index (χ2v) is 15.8. The van der Waals surface area contributed by atoms with Gasteiger partial charge in [-0.3, -0.25) is 0 Å². The zero-order valence-corrected chi connectivity index (χ0v) is 31.0. The molecule has 0 atom stereocenters. The van der Waals surface area contributed by atoms with Crippen molar-refractivity contribution >= 4 is 75.1 Å². The first-order chi connectivity index (χ1) is 27.7. The molecule has 260 valence electrons. The number of nitrogens with zero attached hydrogens (tertiary/aromatic N) is 3. The molecule has 0 unspecified atom stereocenters. The lowest BCUT2D eigenvalue weighted by Crippen LogP contribution is -2.28. The third-order valence-electron chi connectivity index (χ3n) is 11.8. The predicted molar refractivity (Wildman–Crippen MR) is 234 cm³/mol. The van der Waals surface area contributed by atoms with Crippen LogP contribution in [0.3, 0.4) is 0 Å². The van der Waals surface area contributed by atoms with Gasteiger partial charge < -0.3 is 0 Å². The number of rotatable bonds is 3. The van der Waals surface area contributed by atoms with Crippen LogP contribution in [0.5, 0.6) is 0 Å². The molecule has 8 aromatic carbocycles. The summed E-state index contributed by atoms with van der Waals surface area (Å²) in [6, 6.07) is 68.5. The lowest BCUT2D eigenvalue weighted by Gasteiger charge is -2.34. The van der Waals surface area contributed by atoms with Gasteiger partial charge in [-0.2, -0.15) is 0 Å². The first kappa shape index (κ1) is 31.4. The van der Waals surface area contributed by atoms with Gasteiger partial charge in [0.15, 0.2) is 17.1 Å². The Morgan fingerprint density at radius 2 is 1.05 bits per heavy atom. The highest BCUT2D eigenvalue weighted by Crippen LogP contribution is 2.56. The molecule has 1 aliphatic carbocycles. The van der Waals surface area contributed by atoms with Crippen molar-refractivity contribution in [3.8, 4) is 22.5 Å². The van der Waals surface area contributed by atoms with Crippen molar-refractivity contribution < 1.29 is 0 Å². The van der Waals surface area contributed by atoms with Gasteiger partial charge in [-0.25, -0.2) is 15.0 Å². The topological polar surface area (TPSA) is 38.7 Å². The Morgan fingerprint density at radius 1 is 0.375 bits per heavy atom. The molecule has 56 heavy (non-hydrogen) atoms. The third-order valence-corrected chi connectivity index (χ3v) is 12.9. The second-order valence-electron chi connectivity index (χ2n) is 14.7. The van der Waals surface area contributed by atoms with E-state index in [1.807, 2.05) is 29.5 Å². The minimum atomic E-state index is -0.516. The van der Waals surface area contributed by atoms with Gasteiger partial charge in [0, 0.05) is 36.5 Å². The maximum Gasteiger partial charge on any atom is 0.164 e. The fourth-order valence-electron chi connectivity index (χ4n) is 9.33. The molecule has 0 saturated heterocycles. The largest absolute Gasteiger partial charge is 0.208 e. The molecule has 0 radical (unpaired) electrons. The van der Waals surface area contributed by atoms with Crippen LogP contribution in [0.25, 0.3) is 86.3 Å². The fraction of sp³-hybridized carbons (Fsp3) is 0.0192. The van der Waals surface area contributed by atoms with Crippen LogP contribution >= 0.6 is 11.3 Å². The molecule has 0 aliphatic heterocycles. The van der Waals surface area contributed by atoms with E-state index < -0.39 is 5.41 Å². The van der Waals surface area contributed by atoms with Crippen molar-refractivity contribution in [3.05, 3.63) is 210 Å². The molecule has 11 aromatic rings. The van der Waals surface area contributed by atoms with Crippen LogP contribution in [0.1, 0.15) is 22.3 Å². The molecule has 0 N–H and O–H groups in total. The van der Waals surface area contributed by atoms with E-state index >= 15 is 0 Å². The summed E-state index contributed by atoms with van der Waals surface area (Å²) in [4.78, 5) is 15.5. The Hall–Kier alpha value is -7.01. The number of benzene rings is 8. The van der Waals surface area contributed by atoms with Gasteiger partial charge in [0.1, 0.15) is 0 Å². The van der Waals surface area contributed by atoms with Crippen LogP contribution in [-0.2, 0) is 5.41 Å². The van der Waals surface area contributed by atoms with E-state index in [0.29, 0.717) is 17.1 Å². The second kappa shape index (κ2) is 12.0. The summed E-state index contributed by atoms with van der Waals surface area (Å²) in [7, 11) is 0. The van der Waals surface area contributed by atoms with Crippen LogP contribution in [0, 0.1) is 0 Å². The summed E-state index contributed by atoms with van der Waals surface area (Å²) in [5, 5.41) is 8.98. The highest BCUT2D eigenvalue weighted by molar-refractivity contribution is 7.26. The molecule has 0 spiro atoms. The van der Waals surface area contributed by atoms with Crippen LogP contribution in [0.2, 0.25) is 0 Å². The summed E-state index contributed by atoms with van der Waals surface area (Å²) < 4.78 is 2.46. The molecule has 0 saturated carbocycles. The van der Waals surface area contributed by atoms with Crippen molar-refractivity contribution in [1.82, 2.24) is 15.0 Å². The molecule has 0 fully saturated rings. The van der Waals surface area contributed by atoms with Gasteiger partial charge in [-0.1, -0.05) is 158 Å². The first-order valence-corrected chi connectivity index (χ1v) is 19.8. The molecule has 4 heteroatoms. The van der Waals surface area contributed by atoms with Crippen molar-refractivity contribution in [2.75, 3.05) is 0 Å². The fourth-order valence-corrected chi connectivity index (χ4v) is 10.4. The third kappa shape index (κ3) is 4.48. The zero-order chi connectivity index (χ0) is 36.8. The van der Waals surface area contributed by atoms with Crippen molar-refractivity contribution in [3.63, 3.8) is 0 Å². The van der Waals surface area contributed by atoms with Gasteiger partial charge in [-0.15, -0.1) is 11.3 Å². The first-order valence-electron chi connectivity index (χ1n) is 19.0. The van der Waals surface area contributed by atoms with Crippen LogP contribution < -0.4 is 0 Å². The average Bonchev–Trinajstić information content (AvgIpc) is 3.80. The van der Waals surface area contributed by atoms with Gasteiger partial charge in [0.25, 0.3) is 0 Å². The van der Waals surface area contributed by atoms with Gasteiger partial charge in [0.2, 0.25) is 0 Å². The minimum Gasteiger partial charge on any atom is -0.208 e. The standard InChI is InChI=1S/C52H31N3S/c1-3-13-32(14-4-1)49-53-50-35-16-11-15-33(29-35)42-31-37(52(36-17-5-2-6-18-36)44-22-9-7-19-39(44)40-20-8-10-23-45(40)52)26-27-38(42)34-25-28-46-43(30-34)48-41(51(54-49)55-50)21-12-24-47(48)56-46/h1-31H. The molecular formula is C52H31N3S. The van der Waals surface area contributed by atoms with Crippen LogP contribution in [0.15, 0.2) is 188 Å². The number of aromatic nitrogens is 3. The minimum absolute atomic E-state index is 0.516. The smallest absolute Gasteiger partial charge is 0.164 e. The molecule has 3 heterocycles. The van der Waals surface area contributed by atoms with E-state index in [9.17, 15) is 0 Å². The Bertz CT molecular complexity index is 3380. The van der Waals surface area contributed by atoms with Crippen molar-refractivity contribution in [1.29, 1.82) is 0 Å². The van der Waals surface area contributed by atoms with E-state index in [2.05, 4.69) is 170 Å². The van der Waals surface area contributed by atoms with Gasteiger partial charge in [0.05, 0.1) is 5.41 Å². The molecule has 0 amide bonds. The summed E-state index contributed by atoms with van der Waals surface area (Å²) in [6.45, 7) is 0. The molecular weight excluding hydrogens is 699 g/mol. The Balaban J connectivity index is 1.27. The Kier molecular flexibility index (Phi) is 6.72. The summed E-state index contributed by atoms with van der Waals surface area (Å²) in [5.74, 6) is 0.661. The van der Waals surface area contributed by atoms with Crippen LogP contribution in [-0.4, -0.2) is 15.0 Å². The lowest BCUT2D eigenvalue weighted by atomic mass is 9.67. The van der Waals surface area contributed by atoms with E-state index in [0.717, 1.165) is 27.1 Å². The van der Waals surface area contributed by atoms with Gasteiger partial charge in [-0.05, 0) is 85.3 Å². The van der Waals surface area contributed by atoms with Gasteiger partial charge >= 0.3 is 0 Å². The molecule has 6 bridgehead atoms. The maximum absolute atomic E-state index is 5.25. The Morgan fingerprint density at radius 3 is 1.86 bits per heavy atom. The average molecular weight is 730 g/mol. The molecule has 12 rings (SSSR count). The number of hydrogen-bond donors (Lipinski definition) is 0. The van der Waals surface area contributed by atoms with E-state index in [-0.39, 0.29) is 0 Å². The highest BCUT2D eigenvalue weighted by Gasteiger charge is 2.45. The zero-order valence-electron chi connectivity index (χ0n) is 30.1. The van der Waals surface area contributed by atoms with E-state index in [1.165, 1.54) is 64.3 Å². The monoisotopic (exact) mass is 729 g/mol. The molecule has 3 nitrogen and oxygen atoms in total. The lowest BCUT2D eigenvalue weighted by molar-refractivity contribution is 0.770.